The Labute approximate surface area is 90.6 Å². The second-order valence-electron chi connectivity index (χ2n) is 3.08. The third-order valence-corrected chi connectivity index (χ3v) is 1.65. The van der Waals surface area contributed by atoms with E-state index < -0.39 is 36.2 Å². The second kappa shape index (κ2) is 4.80. The zero-order chi connectivity index (χ0) is 14.0. The van der Waals surface area contributed by atoms with Gasteiger partial charge in [0.1, 0.15) is 6.04 Å². The molecule has 0 aromatic carbocycles. The summed E-state index contributed by atoms with van der Waals surface area (Å²) in [5.74, 6) is -8.43. The molecule has 1 amide bonds. The first-order valence-corrected chi connectivity index (χ1v) is 4.04. The fourth-order valence-electron chi connectivity index (χ4n) is 0.841. The summed E-state index contributed by atoms with van der Waals surface area (Å²) < 4.78 is 71.9. The predicted molar refractivity (Wildman–Crippen MR) is 40.8 cm³/mol. The molecule has 100 valence electrons. The van der Waals surface area contributed by atoms with E-state index in [0.717, 1.165) is 12.2 Å². The van der Waals surface area contributed by atoms with Crippen molar-refractivity contribution in [1.82, 2.24) is 5.32 Å². The molecule has 10 heteroatoms. The Morgan fingerprint density at radius 2 is 1.41 bits per heavy atom. The number of rotatable bonds is 3. The molecule has 17 heavy (non-hydrogen) atoms. The van der Waals surface area contributed by atoms with E-state index in [0.29, 0.717) is 0 Å². The number of alkyl halides is 6. The van der Waals surface area contributed by atoms with Gasteiger partial charge in [0.25, 0.3) is 0 Å². The third-order valence-electron chi connectivity index (χ3n) is 1.65. The summed E-state index contributed by atoms with van der Waals surface area (Å²) in [7, 11) is 0. The zero-order valence-electron chi connectivity index (χ0n) is 8.19. The van der Waals surface area contributed by atoms with Crippen molar-refractivity contribution in [3.63, 3.8) is 0 Å². The number of carbonyl (C=O) groups excluding carboxylic acids is 1. The van der Waals surface area contributed by atoms with Crippen LogP contribution >= 0.6 is 0 Å². The number of hydrogen-bond acceptors (Lipinski definition) is 2. The number of halogens is 6. The molecule has 0 radical (unpaired) electrons. The van der Waals surface area contributed by atoms with Gasteiger partial charge >= 0.3 is 18.3 Å². The number of carbonyl (C=O) groups is 2. The van der Waals surface area contributed by atoms with E-state index in [2.05, 4.69) is 0 Å². The number of aliphatic carboxylic acids is 1. The highest BCUT2D eigenvalue weighted by Crippen LogP contribution is 2.39. The highest BCUT2D eigenvalue weighted by atomic mass is 19.4. The summed E-state index contributed by atoms with van der Waals surface area (Å²) in [6.07, 6.45) is -11.7. The van der Waals surface area contributed by atoms with Crippen molar-refractivity contribution >= 4 is 11.9 Å². The molecule has 0 fully saturated rings. The maximum atomic E-state index is 12.0. The van der Waals surface area contributed by atoms with E-state index in [1.807, 2.05) is 0 Å². The maximum absolute atomic E-state index is 12.0. The van der Waals surface area contributed by atoms with Gasteiger partial charge in [-0.05, 0) is 6.92 Å². The maximum Gasteiger partial charge on any atom is 0.409 e. The van der Waals surface area contributed by atoms with Gasteiger partial charge in [-0.25, -0.2) is 0 Å². The molecule has 0 spiro atoms. The van der Waals surface area contributed by atoms with Crippen LogP contribution in [0.2, 0.25) is 0 Å². The smallest absolute Gasteiger partial charge is 0.409 e. The summed E-state index contributed by atoms with van der Waals surface area (Å²) >= 11 is 0. The van der Waals surface area contributed by atoms with Crippen LogP contribution in [-0.2, 0) is 9.59 Å². The lowest BCUT2D eigenvalue weighted by atomic mass is 10.1. The number of nitrogens with one attached hydrogen (secondary N) is 1. The highest BCUT2D eigenvalue weighted by Gasteiger charge is 2.61. The Hall–Kier alpha value is -1.48. The average molecular weight is 267 g/mol. The van der Waals surface area contributed by atoms with Gasteiger partial charge in [0.15, 0.2) is 0 Å². The lowest BCUT2D eigenvalue weighted by molar-refractivity contribution is -0.274. The molecule has 0 unspecified atom stereocenters. The molecule has 0 aromatic heterocycles. The average Bonchev–Trinajstić information content (AvgIpc) is 1.96. The minimum Gasteiger partial charge on any atom is -0.480 e. The molecular formula is C7H7F6NO3. The quantitative estimate of drug-likeness (QED) is 0.758. The molecule has 0 aliphatic carbocycles. The van der Waals surface area contributed by atoms with Crippen LogP contribution in [0.25, 0.3) is 0 Å². The molecule has 0 aromatic rings. The Balaban J connectivity index is 4.98. The van der Waals surface area contributed by atoms with Crippen molar-refractivity contribution in [3.05, 3.63) is 0 Å². The molecule has 0 rings (SSSR count). The topological polar surface area (TPSA) is 66.4 Å². The predicted octanol–water partition coefficient (Wildman–Crippen LogP) is 1.32. The Morgan fingerprint density at radius 3 is 1.65 bits per heavy atom. The second-order valence-corrected chi connectivity index (χ2v) is 3.08. The SMILES string of the molecule is C[C@H](NC(=O)C(C(F)(F)F)C(F)(F)F)C(=O)O. The fraction of sp³-hybridized carbons (Fsp3) is 0.714. The van der Waals surface area contributed by atoms with Crippen LogP contribution in [-0.4, -0.2) is 35.4 Å². The van der Waals surface area contributed by atoms with Crippen LogP contribution in [0.1, 0.15) is 6.92 Å². The molecule has 0 aliphatic rings. The summed E-state index contributed by atoms with van der Waals surface area (Å²) in [5.41, 5.74) is 0. The molecule has 2 N–H and O–H groups in total. The highest BCUT2D eigenvalue weighted by molar-refractivity contribution is 5.85. The van der Waals surface area contributed by atoms with Crippen LogP contribution in [0.5, 0.6) is 0 Å². The van der Waals surface area contributed by atoms with Crippen molar-refractivity contribution in [2.24, 2.45) is 5.92 Å². The van der Waals surface area contributed by atoms with E-state index in [9.17, 15) is 35.9 Å². The zero-order valence-corrected chi connectivity index (χ0v) is 8.19. The number of carboxylic acids is 1. The lowest BCUT2D eigenvalue weighted by Gasteiger charge is -2.22. The summed E-state index contributed by atoms with van der Waals surface area (Å²) in [4.78, 5) is 20.9. The lowest BCUT2D eigenvalue weighted by Crippen LogP contribution is -2.51. The normalized spacial score (nSPS) is 14.6. The van der Waals surface area contributed by atoms with Gasteiger partial charge in [-0.1, -0.05) is 0 Å². The largest absolute Gasteiger partial charge is 0.480 e. The van der Waals surface area contributed by atoms with Crippen molar-refractivity contribution in [2.45, 2.75) is 25.3 Å². The molecule has 0 bridgehead atoms. The minimum atomic E-state index is -5.83. The monoisotopic (exact) mass is 267 g/mol. The number of amides is 1. The van der Waals surface area contributed by atoms with Gasteiger partial charge < -0.3 is 10.4 Å². The van der Waals surface area contributed by atoms with E-state index in [1.165, 1.54) is 0 Å². The van der Waals surface area contributed by atoms with Gasteiger partial charge in [0.2, 0.25) is 11.8 Å². The Kier molecular flexibility index (Phi) is 4.38. The van der Waals surface area contributed by atoms with Crippen molar-refractivity contribution in [3.8, 4) is 0 Å². The molecule has 0 saturated heterocycles. The van der Waals surface area contributed by atoms with Gasteiger partial charge in [-0.15, -0.1) is 0 Å². The van der Waals surface area contributed by atoms with Crippen molar-refractivity contribution < 1.29 is 41.0 Å². The summed E-state index contributed by atoms with van der Waals surface area (Å²) in [6.45, 7) is 0.740. The fourth-order valence-corrected chi connectivity index (χ4v) is 0.841. The number of hydrogen-bond donors (Lipinski definition) is 2. The summed E-state index contributed by atoms with van der Waals surface area (Å²) in [5, 5.41) is 9.36. The van der Waals surface area contributed by atoms with Gasteiger partial charge in [0.05, 0.1) is 0 Å². The Bertz CT molecular complexity index is 296. The first-order valence-electron chi connectivity index (χ1n) is 4.04. The van der Waals surface area contributed by atoms with Gasteiger partial charge in [-0.3, -0.25) is 9.59 Å². The van der Waals surface area contributed by atoms with E-state index >= 15 is 0 Å². The molecule has 1 atom stereocenters. The van der Waals surface area contributed by atoms with E-state index in [-0.39, 0.29) is 0 Å². The van der Waals surface area contributed by atoms with Crippen molar-refractivity contribution in [2.75, 3.05) is 0 Å². The van der Waals surface area contributed by atoms with Crippen LogP contribution in [0.4, 0.5) is 26.3 Å². The molecule has 0 saturated carbocycles. The minimum absolute atomic E-state index is 0.740. The van der Waals surface area contributed by atoms with E-state index in [1.54, 1.807) is 0 Å². The Morgan fingerprint density at radius 1 is 1.06 bits per heavy atom. The number of carboxylic acid groups (broad SMARTS) is 1. The van der Waals surface area contributed by atoms with Gasteiger partial charge in [-0.2, -0.15) is 26.3 Å². The molecular weight excluding hydrogens is 260 g/mol. The van der Waals surface area contributed by atoms with Gasteiger partial charge in [0, 0.05) is 0 Å². The molecule has 0 heterocycles. The van der Waals surface area contributed by atoms with Crippen LogP contribution < -0.4 is 5.32 Å². The third kappa shape index (κ3) is 4.49. The standard InChI is InChI=1S/C7H7F6NO3/c1-2(5(16)17)14-4(15)3(6(8,9)10)7(11,12)13/h2-3H,1H3,(H,14,15)(H,16,17)/t2-/m0/s1. The van der Waals surface area contributed by atoms with Crippen LogP contribution in [0, 0.1) is 5.92 Å². The first kappa shape index (κ1) is 15.5. The van der Waals surface area contributed by atoms with Crippen molar-refractivity contribution in [1.29, 1.82) is 0 Å². The molecule has 0 aliphatic heterocycles. The summed E-state index contributed by atoms with van der Waals surface area (Å²) in [6, 6.07) is -1.85. The first-order chi connectivity index (χ1) is 7.37. The van der Waals surface area contributed by atoms with E-state index in [4.69, 9.17) is 5.11 Å². The van der Waals surface area contributed by atoms with Crippen LogP contribution in [0.3, 0.4) is 0 Å². The molecule has 4 nitrogen and oxygen atoms in total. The van der Waals surface area contributed by atoms with Crippen LogP contribution in [0.15, 0.2) is 0 Å².